The molecule has 0 N–H and O–H groups in total. The summed E-state index contributed by atoms with van der Waals surface area (Å²) in [6.07, 6.45) is -4.57. The summed E-state index contributed by atoms with van der Waals surface area (Å²) in [4.78, 5) is 11.2. The zero-order valence-electron chi connectivity index (χ0n) is 9.19. The Morgan fingerprint density at radius 2 is 1.94 bits per heavy atom. The molecule has 0 radical (unpaired) electrons. The van der Waals surface area contributed by atoms with Crippen LogP contribution in [0, 0.1) is 5.82 Å². The van der Waals surface area contributed by atoms with Gasteiger partial charge in [-0.2, -0.15) is 13.2 Å². The van der Waals surface area contributed by atoms with E-state index < -0.39 is 29.1 Å². The molecular weight excluding hydrogens is 240 g/mol. The second-order valence-electron chi connectivity index (χ2n) is 3.34. The normalized spacial score (nSPS) is 11.4. The Labute approximate surface area is 95.2 Å². The number of hydrogen-bond donors (Lipinski definition) is 0. The molecule has 0 unspecified atom stereocenters. The van der Waals surface area contributed by atoms with Gasteiger partial charge in [0, 0.05) is 0 Å². The molecule has 0 saturated carbocycles. The molecule has 2 nitrogen and oxygen atoms in total. The maximum atomic E-state index is 13.6. The third-order valence-corrected chi connectivity index (χ3v) is 2.26. The molecule has 6 heteroatoms. The van der Waals surface area contributed by atoms with Crippen molar-refractivity contribution >= 4 is 5.97 Å². The second-order valence-corrected chi connectivity index (χ2v) is 3.34. The van der Waals surface area contributed by atoms with Gasteiger partial charge in [0.25, 0.3) is 0 Å². The van der Waals surface area contributed by atoms with Crippen LogP contribution in [0.5, 0.6) is 0 Å². The second kappa shape index (κ2) is 4.73. The Balaban J connectivity index is 3.44. The van der Waals surface area contributed by atoms with Crippen molar-refractivity contribution in [3.63, 3.8) is 0 Å². The highest BCUT2D eigenvalue weighted by molar-refractivity contribution is 5.90. The van der Waals surface area contributed by atoms with Crippen LogP contribution in [0.2, 0.25) is 0 Å². The summed E-state index contributed by atoms with van der Waals surface area (Å²) >= 11 is 0. The molecule has 0 aromatic heterocycles. The fourth-order valence-electron chi connectivity index (χ4n) is 1.36. The first-order valence-corrected chi connectivity index (χ1v) is 4.79. The number of aryl methyl sites for hydroxylation is 1. The van der Waals surface area contributed by atoms with Gasteiger partial charge >= 0.3 is 12.1 Å². The Morgan fingerprint density at radius 1 is 1.35 bits per heavy atom. The van der Waals surface area contributed by atoms with Gasteiger partial charge < -0.3 is 4.74 Å². The summed E-state index contributed by atoms with van der Waals surface area (Å²) < 4.78 is 55.4. The first-order chi connectivity index (χ1) is 7.81. The van der Waals surface area contributed by atoms with Crippen LogP contribution < -0.4 is 0 Å². The van der Waals surface area contributed by atoms with Crippen LogP contribution in [0.15, 0.2) is 12.1 Å². The Kier molecular flexibility index (Phi) is 3.75. The lowest BCUT2D eigenvalue weighted by molar-refractivity contribution is -0.137. The van der Waals surface area contributed by atoms with Crippen LogP contribution in [0.3, 0.4) is 0 Å². The highest BCUT2D eigenvalue weighted by atomic mass is 19.4. The highest BCUT2D eigenvalue weighted by Gasteiger charge is 2.33. The van der Waals surface area contributed by atoms with Gasteiger partial charge in [-0.05, 0) is 24.1 Å². The lowest BCUT2D eigenvalue weighted by Crippen LogP contribution is -2.12. The predicted molar refractivity (Wildman–Crippen MR) is 52.1 cm³/mol. The van der Waals surface area contributed by atoms with Crippen molar-refractivity contribution in [3.8, 4) is 0 Å². The summed E-state index contributed by atoms with van der Waals surface area (Å²) in [7, 11) is 0.980. The molecule has 0 aliphatic rings. The molecule has 94 valence electrons. The molecule has 17 heavy (non-hydrogen) atoms. The summed E-state index contributed by atoms with van der Waals surface area (Å²) in [5.74, 6) is -2.09. The maximum absolute atomic E-state index is 13.6. The van der Waals surface area contributed by atoms with Crippen LogP contribution in [-0.2, 0) is 17.3 Å². The summed E-state index contributed by atoms with van der Waals surface area (Å²) in [6.45, 7) is 1.50. The van der Waals surface area contributed by atoms with Crippen molar-refractivity contribution in [2.75, 3.05) is 7.11 Å². The van der Waals surface area contributed by atoms with E-state index in [1.165, 1.54) is 6.92 Å². The molecule has 0 spiro atoms. The van der Waals surface area contributed by atoms with Crippen LogP contribution >= 0.6 is 0 Å². The molecule has 0 aliphatic heterocycles. The molecule has 0 saturated heterocycles. The topological polar surface area (TPSA) is 26.3 Å². The molecule has 0 bridgehead atoms. The van der Waals surface area contributed by atoms with E-state index in [9.17, 15) is 22.4 Å². The van der Waals surface area contributed by atoms with Gasteiger partial charge in [-0.25, -0.2) is 9.18 Å². The first-order valence-electron chi connectivity index (χ1n) is 4.79. The van der Waals surface area contributed by atoms with Gasteiger partial charge in [-0.1, -0.05) is 6.92 Å². The van der Waals surface area contributed by atoms with Crippen molar-refractivity contribution < 1.29 is 27.1 Å². The van der Waals surface area contributed by atoms with Gasteiger partial charge in [-0.3, -0.25) is 0 Å². The lowest BCUT2D eigenvalue weighted by Gasteiger charge is -2.12. The van der Waals surface area contributed by atoms with Gasteiger partial charge in [0.1, 0.15) is 5.82 Å². The van der Waals surface area contributed by atoms with Crippen molar-refractivity contribution in [2.24, 2.45) is 0 Å². The molecular formula is C11H10F4O2. The molecule has 1 aromatic rings. The average molecular weight is 250 g/mol. The first kappa shape index (κ1) is 13.5. The number of halogens is 4. The van der Waals surface area contributed by atoms with Crippen LogP contribution in [-0.4, -0.2) is 13.1 Å². The Hall–Kier alpha value is -1.59. The molecule has 0 atom stereocenters. The standard InChI is InChI=1S/C11H10F4O2/c1-3-6-4-7(11(13,14)15)5-8(9(6)12)10(16)17-2/h4-5H,3H2,1-2H3. The van der Waals surface area contributed by atoms with E-state index >= 15 is 0 Å². The van der Waals surface area contributed by atoms with E-state index in [1.54, 1.807) is 0 Å². The maximum Gasteiger partial charge on any atom is 0.416 e. The number of rotatable bonds is 2. The van der Waals surface area contributed by atoms with Crippen LogP contribution in [0.4, 0.5) is 17.6 Å². The van der Waals surface area contributed by atoms with E-state index in [2.05, 4.69) is 4.74 Å². The number of carbonyl (C=O) groups is 1. The van der Waals surface area contributed by atoms with Gasteiger partial charge in [0.15, 0.2) is 0 Å². The summed E-state index contributed by atoms with van der Waals surface area (Å²) in [5, 5.41) is 0. The molecule has 0 fully saturated rings. The lowest BCUT2D eigenvalue weighted by atomic mass is 10.0. The van der Waals surface area contributed by atoms with E-state index in [1.807, 2.05) is 0 Å². The van der Waals surface area contributed by atoms with E-state index in [0.29, 0.717) is 12.1 Å². The van der Waals surface area contributed by atoms with Crippen molar-refractivity contribution in [1.29, 1.82) is 0 Å². The minimum atomic E-state index is -4.62. The summed E-state index contributed by atoms with van der Waals surface area (Å²) in [6, 6.07) is 1.15. The summed E-state index contributed by atoms with van der Waals surface area (Å²) in [5.41, 5.74) is -1.92. The fraction of sp³-hybridized carbons (Fsp3) is 0.364. The number of benzene rings is 1. The largest absolute Gasteiger partial charge is 0.465 e. The van der Waals surface area contributed by atoms with E-state index in [4.69, 9.17) is 0 Å². The van der Waals surface area contributed by atoms with E-state index in [-0.39, 0.29) is 12.0 Å². The van der Waals surface area contributed by atoms with Gasteiger partial charge in [-0.15, -0.1) is 0 Å². The molecule has 1 rings (SSSR count). The molecule has 0 aliphatic carbocycles. The van der Waals surface area contributed by atoms with E-state index in [0.717, 1.165) is 7.11 Å². The zero-order chi connectivity index (χ0) is 13.2. The molecule has 1 aromatic carbocycles. The number of hydrogen-bond acceptors (Lipinski definition) is 2. The van der Waals surface area contributed by atoms with Gasteiger partial charge in [0.2, 0.25) is 0 Å². The average Bonchev–Trinajstić information content (AvgIpc) is 2.26. The number of ether oxygens (including phenoxy) is 1. The Bertz CT molecular complexity index is 438. The number of alkyl halides is 3. The third kappa shape index (κ3) is 2.75. The number of esters is 1. The van der Waals surface area contributed by atoms with Crippen molar-refractivity contribution in [1.82, 2.24) is 0 Å². The number of carbonyl (C=O) groups excluding carboxylic acids is 1. The predicted octanol–water partition coefficient (Wildman–Crippen LogP) is 3.19. The number of methoxy groups -OCH3 is 1. The third-order valence-electron chi connectivity index (χ3n) is 2.26. The Morgan fingerprint density at radius 3 is 2.35 bits per heavy atom. The minimum absolute atomic E-state index is 0.0553. The van der Waals surface area contributed by atoms with Crippen molar-refractivity contribution in [2.45, 2.75) is 19.5 Å². The monoisotopic (exact) mass is 250 g/mol. The zero-order valence-corrected chi connectivity index (χ0v) is 9.19. The van der Waals surface area contributed by atoms with Gasteiger partial charge in [0.05, 0.1) is 18.2 Å². The molecule has 0 amide bonds. The smallest absolute Gasteiger partial charge is 0.416 e. The quantitative estimate of drug-likeness (QED) is 0.595. The SMILES string of the molecule is CCc1cc(C(F)(F)F)cc(C(=O)OC)c1F. The fourth-order valence-corrected chi connectivity index (χ4v) is 1.36. The minimum Gasteiger partial charge on any atom is -0.465 e. The highest BCUT2D eigenvalue weighted by Crippen LogP contribution is 2.32. The van der Waals surface area contributed by atoms with Crippen LogP contribution in [0.25, 0.3) is 0 Å². The van der Waals surface area contributed by atoms with Crippen LogP contribution in [0.1, 0.15) is 28.4 Å². The van der Waals surface area contributed by atoms with Crippen molar-refractivity contribution in [3.05, 3.63) is 34.6 Å². The molecule has 0 heterocycles.